The van der Waals surface area contributed by atoms with Crippen LogP contribution in [0, 0.1) is 6.92 Å². The first-order valence-electron chi connectivity index (χ1n) is 11.2. The summed E-state index contributed by atoms with van der Waals surface area (Å²) in [5.74, 6) is 0.585. The summed E-state index contributed by atoms with van der Waals surface area (Å²) in [6.45, 7) is 4.06. The molecule has 0 aromatic heterocycles. The fraction of sp³-hybridized carbons (Fsp3) is 0.269. The fourth-order valence-electron chi connectivity index (χ4n) is 3.98. The summed E-state index contributed by atoms with van der Waals surface area (Å²) in [7, 11) is -2.27. The van der Waals surface area contributed by atoms with Crippen molar-refractivity contribution < 1.29 is 17.9 Å². The van der Waals surface area contributed by atoms with Gasteiger partial charge in [0.15, 0.2) is 0 Å². The largest absolute Gasteiger partial charge is 0.497 e. The van der Waals surface area contributed by atoms with Gasteiger partial charge in [0.2, 0.25) is 5.91 Å². The number of anilines is 2. The van der Waals surface area contributed by atoms with E-state index in [0.717, 1.165) is 17.0 Å². The highest BCUT2D eigenvalue weighted by Gasteiger charge is 2.30. The molecular formula is C26H29N3O4S. The van der Waals surface area contributed by atoms with Gasteiger partial charge in [-0.3, -0.25) is 9.10 Å². The summed E-state index contributed by atoms with van der Waals surface area (Å²) >= 11 is 0. The van der Waals surface area contributed by atoms with Crippen LogP contribution in [0.15, 0.2) is 83.8 Å². The highest BCUT2D eigenvalue weighted by atomic mass is 32.2. The summed E-state index contributed by atoms with van der Waals surface area (Å²) in [4.78, 5) is 17.3. The van der Waals surface area contributed by atoms with E-state index in [2.05, 4.69) is 4.90 Å². The second kappa shape index (κ2) is 10.2. The predicted molar refractivity (Wildman–Crippen MR) is 134 cm³/mol. The first-order chi connectivity index (χ1) is 16.4. The summed E-state index contributed by atoms with van der Waals surface area (Å²) in [6, 6.07) is 23.3. The van der Waals surface area contributed by atoms with Crippen molar-refractivity contribution >= 4 is 27.3 Å². The van der Waals surface area contributed by atoms with E-state index in [9.17, 15) is 13.2 Å². The number of para-hydroxylation sites is 1. The number of hydrogen-bond donors (Lipinski definition) is 0. The van der Waals surface area contributed by atoms with Crippen molar-refractivity contribution in [1.82, 2.24) is 4.90 Å². The lowest BCUT2D eigenvalue weighted by Crippen LogP contribution is -2.52. The molecule has 7 nitrogen and oxygen atoms in total. The Labute approximate surface area is 201 Å². The Balaban J connectivity index is 1.48. The molecule has 8 heteroatoms. The minimum absolute atomic E-state index is 0.166. The molecule has 3 aromatic rings. The molecule has 0 spiro atoms. The van der Waals surface area contributed by atoms with Crippen LogP contribution in [0.2, 0.25) is 0 Å². The zero-order valence-electron chi connectivity index (χ0n) is 19.4. The normalized spacial score (nSPS) is 14.1. The van der Waals surface area contributed by atoms with E-state index in [1.807, 2.05) is 37.3 Å². The lowest BCUT2D eigenvalue weighted by atomic mass is 10.2. The van der Waals surface area contributed by atoms with E-state index in [-0.39, 0.29) is 17.3 Å². The second-order valence-corrected chi connectivity index (χ2v) is 10.1. The van der Waals surface area contributed by atoms with E-state index in [4.69, 9.17) is 4.74 Å². The molecule has 1 fully saturated rings. The smallest absolute Gasteiger partial charge is 0.264 e. The third kappa shape index (κ3) is 5.17. The zero-order valence-corrected chi connectivity index (χ0v) is 20.2. The number of aryl methyl sites for hydroxylation is 1. The van der Waals surface area contributed by atoms with Crippen molar-refractivity contribution in [3.8, 4) is 5.75 Å². The first kappa shape index (κ1) is 23.6. The third-order valence-electron chi connectivity index (χ3n) is 6.00. The molecule has 1 aliphatic heterocycles. The van der Waals surface area contributed by atoms with Gasteiger partial charge in [0, 0.05) is 31.9 Å². The average molecular weight is 480 g/mol. The lowest BCUT2D eigenvalue weighted by molar-refractivity contribution is -0.129. The van der Waals surface area contributed by atoms with Crippen molar-refractivity contribution in [1.29, 1.82) is 0 Å². The van der Waals surface area contributed by atoms with E-state index in [1.54, 1.807) is 60.5 Å². The van der Waals surface area contributed by atoms with Gasteiger partial charge in [0.05, 0.1) is 17.7 Å². The Morgan fingerprint density at radius 1 is 0.882 bits per heavy atom. The van der Waals surface area contributed by atoms with Crippen molar-refractivity contribution in [3.05, 3.63) is 84.4 Å². The van der Waals surface area contributed by atoms with Gasteiger partial charge in [0.25, 0.3) is 10.0 Å². The van der Waals surface area contributed by atoms with Gasteiger partial charge in [-0.15, -0.1) is 0 Å². The third-order valence-corrected chi connectivity index (χ3v) is 7.79. The van der Waals surface area contributed by atoms with Crippen LogP contribution >= 0.6 is 0 Å². The number of ether oxygens (including phenoxy) is 1. The van der Waals surface area contributed by atoms with E-state index < -0.39 is 10.0 Å². The number of carbonyl (C=O) groups is 1. The molecule has 0 saturated carbocycles. The predicted octanol–water partition coefficient (Wildman–Crippen LogP) is 3.55. The lowest BCUT2D eigenvalue weighted by Gasteiger charge is -2.37. The SMILES string of the molecule is COc1ccc(N2CCN(C(=O)CN(c3ccccc3)S(=O)(=O)c3ccc(C)cc3)CC2)cc1. The van der Waals surface area contributed by atoms with Gasteiger partial charge in [-0.25, -0.2) is 8.42 Å². The van der Waals surface area contributed by atoms with Crippen LogP contribution < -0.4 is 13.9 Å². The number of benzene rings is 3. The van der Waals surface area contributed by atoms with Gasteiger partial charge < -0.3 is 14.5 Å². The number of sulfonamides is 1. The number of nitrogens with zero attached hydrogens (tertiary/aromatic N) is 3. The molecule has 0 radical (unpaired) electrons. The fourth-order valence-corrected chi connectivity index (χ4v) is 5.39. The monoisotopic (exact) mass is 479 g/mol. The van der Waals surface area contributed by atoms with Gasteiger partial charge in [-0.2, -0.15) is 0 Å². The van der Waals surface area contributed by atoms with Crippen LogP contribution in [0.1, 0.15) is 5.56 Å². The van der Waals surface area contributed by atoms with Crippen molar-refractivity contribution in [3.63, 3.8) is 0 Å². The minimum Gasteiger partial charge on any atom is -0.497 e. The number of rotatable bonds is 7. The Kier molecular flexibility index (Phi) is 7.07. The topological polar surface area (TPSA) is 70.2 Å². The summed E-state index contributed by atoms with van der Waals surface area (Å²) in [5, 5.41) is 0. The summed E-state index contributed by atoms with van der Waals surface area (Å²) in [5.41, 5.74) is 2.50. The maximum atomic E-state index is 13.5. The van der Waals surface area contributed by atoms with Gasteiger partial charge in [0.1, 0.15) is 12.3 Å². The van der Waals surface area contributed by atoms with Crippen LogP contribution in [0.5, 0.6) is 5.75 Å². The van der Waals surface area contributed by atoms with Crippen LogP contribution in [-0.2, 0) is 14.8 Å². The Bertz CT molecular complexity index is 1210. The Morgan fingerprint density at radius 3 is 2.09 bits per heavy atom. The standard InChI is InChI=1S/C26H29N3O4S/c1-21-8-14-25(15-9-21)34(31,32)29(23-6-4-3-5-7-23)20-26(30)28-18-16-27(17-19-28)22-10-12-24(33-2)13-11-22/h3-15H,16-20H2,1-2H3. The number of carbonyl (C=O) groups excluding carboxylic acids is 1. The molecule has 0 N–H and O–H groups in total. The van der Waals surface area contributed by atoms with Gasteiger partial charge in [-0.05, 0) is 55.5 Å². The molecule has 1 amide bonds. The van der Waals surface area contributed by atoms with Crippen LogP contribution in [0.3, 0.4) is 0 Å². The van der Waals surface area contributed by atoms with Gasteiger partial charge >= 0.3 is 0 Å². The zero-order chi connectivity index (χ0) is 24.1. The summed E-state index contributed by atoms with van der Waals surface area (Å²) in [6.07, 6.45) is 0. The molecule has 1 aliphatic rings. The molecule has 34 heavy (non-hydrogen) atoms. The van der Waals surface area contributed by atoms with Crippen molar-refractivity contribution in [2.45, 2.75) is 11.8 Å². The van der Waals surface area contributed by atoms with Crippen molar-refractivity contribution in [2.75, 3.05) is 49.0 Å². The van der Waals surface area contributed by atoms with E-state index in [1.165, 1.54) is 4.31 Å². The molecule has 0 aliphatic carbocycles. The maximum absolute atomic E-state index is 13.5. The summed E-state index contributed by atoms with van der Waals surface area (Å²) < 4.78 is 33.4. The average Bonchev–Trinajstić information content (AvgIpc) is 2.88. The molecule has 0 bridgehead atoms. The molecule has 0 unspecified atom stereocenters. The Hall–Kier alpha value is -3.52. The van der Waals surface area contributed by atoms with Crippen LogP contribution in [-0.4, -0.2) is 59.1 Å². The molecule has 178 valence electrons. The molecular weight excluding hydrogens is 450 g/mol. The number of amides is 1. The molecule has 1 saturated heterocycles. The van der Waals surface area contributed by atoms with Crippen LogP contribution in [0.4, 0.5) is 11.4 Å². The quantitative estimate of drug-likeness (QED) is 0.518. The minimum atomic E-state index is -3.90. The molecule has 3 aromatic carbocycles. The molecule has 1 heterocycles. The van der Waals surface area contributed by atoms with E-state index in [0.29, 0.717) is 31.9 Å². The number of piperazine rings is 1. The van der Waals surface area contributed by atoms with Gasteiger partial charge in [-0.1, -0.05) is 35.9 Å². The van der Waals surface area contributed by atoms with Crippen molar-refractivity contribution in [2.24, 2.45) is 0 Å². The Morgan fingerprint density at radius 2 is 1.50 bits per heavy atom. The van der Waals surface area contributed by atoms with Crippen LogP contribution in [0.25, 0.3) is 0 Å². The second-order valence-electron chi connectivity index (χ2n) is 8.23. The van der Waals surface area contributed by atoms with E-state index >= 15 is 0 Å². The maximum Gasteiger partial charge on any atom is 0.264 e. The first-order valence-corrected chi connectivity index (χ1v) is 12.6. The number of hydrogen-bond acceptors (Lipinski definition) is 5. The highest BCUT2D eigenvalue weighted by Crippen LogP contribution is 2.25. The molecule has 4 rings (SSSR count). The highest BCUT2D eigenvalue weighted by molar-refractivity contribution is 7.92. The number of methoxy groups -OCH3 is 1. The molecule has 0 atom stereocenters.